The van der Waals surface area contributed by atoms with Crippen LogP contribution in [-0.4, -0.2) is 43.8 Å². The summed E-state index contributed by atoms with van der Waals surface area (Å²) < 4.78 is 11.0. The molecule has 118 valence electrons. The molecule has 1 aromatic rings. The molecule has 1 aromatic carbocycles. The maximum absolute atomic E-state index is 5.98. The Kier molecular flexibility index (Phi) is 6.33. The number of nitrogens with zero attached hydrogens (tertiary/aromatic N) is 1. The van der Waals surface area contributed by atoms with Crippen LogP contribution in [0.5, 0.6) is 11.5 Å². The van der Waals surface area contributed by atoms with Crippen molar-refractivity contribution in [3.63, 3.8) is 0 Å². The summed E-state index contributed by atoms with van der Waals surface area (Å²) in [6, 6.07) is 8.85. The van der Waals surface area contributed by atoms with E-state index < -0.39 is 0 Å². The highest BCUT2D eigenvalue weighted by molar-refractivity contribution is 5.31. The Labute approximate surface area is 128 Å². The summed E-state index contributed by atoms with van der Waals surface area (Å²) in [5, 5.41) is 0. The molecule has 0 radical (unpaired) electrons. The van der Waals surface area contributed by atoms with Crippen molar-refractivity contribution < 1.29 is 9.47 Å². The van der Waals surface area contributed by atoms with Gasteiger partial charge in [-0.2, -0.15) is 0 Å². The molecule has 0 saturated heterocycles. The van der Waals surface area contributed by atoms with Crippen molar-refractivity contribution in [1.82, 2.24) is 4.90 Å². The Morgan fingerprint density at radius 3 is 2.29 bits per heavy atom. The van der Waals surface area contributed by atoms with Crippen LogP contribution in [0.1, 0.15) is 32.6 Å². The smallest absolute Gasteiger partial charge is 0.119 e. The molecule has 0 amide bonds. The van der Waals surface area contributed by atoms with E-state index in [1.165, 1.54) is 12.8 Å². The van der Waals surface area contributed by atoms with Gasteiger partial charge >= 0.3 is 0 Å². The fourth-order valence-electron chi connectivity index (χ4n) is 3.02. The number of hydrogen-bond donors (Lipinski definition) is 1. The van der Waals surface area contributed by atoms with Crippen molar-refractivity contribution in [2.75, 3.05) is 26.8 Å². The summed E-state index contributed by atoms with van der Waals surface area (Å²) in [5.41, 5.74) is 5.98. The van der Waals surface area contributed by atoms with Gasteiger partial charge in [0.2, 0.25) is 0 Å². The molecule has 0 bridgehead atoms. The molecule has 1 aliphatic rings. The van der Waals surface area contributed by atoms with Crippen LogP contribution in [0.4, 0.5) is 0 Å². The molecular formula is C17H28N2O2. The van der Waals surface area contributed by atoms with Gasteiger partial charge in [-0.1, -0.05) is 6.92 Å². The van der Waals surface area contributed by atoms with E-state index in [1.54, 1.807) is 7.11 Å². The zero-order valence-electron chi connectivity index (χ0n) is 13.3. The van der Waals surface area contributed by atoms with E-state index in [1.807, 2.05) is 24.3 Å². The number of likely N-dealkylation sites (N-methyl/N-ethyl adjacent to an activating group) is 1. The zero-order chi connectivity index (χ0) is 15.1. The van der Waals surface area contributed by atoms with Gasteiger partial charge in [-0.05, 0) is 56.5 Å². The maximum atomic E-state index is 5.98. The summed E-state index contributed by atoms with van der Waals surface area (Å²) in [6.45, 7) is 5.00. The number of rotatable bonds is 7. The summed E-state index contributed by atoms with van der Waals surface area (Å²) >= 11 is 0. The fourth-order valence-corrected chi connectivity index (χ4v) is 3.02. The average molecular weight is 292 g/mol. The highest BCUT2D eigenvalue weighted by Crippen LogP contribution is 2.22. The second-order valence-corrected chi connectivity index (χ2v) is 5.72. The highest BCUT2D eigenvalue weighted by atomic mass is 16.5. The molecule has 0 heterocycles. The van der Waals surface area contributed by atoms with E-state index in [0.717, 1.165) is 44.0 Å². The van der Waals surface area contributed by atoms with Crippen molar-refractivity contribution in [3.8, 4) is 11.5 Å². The normalized spacial score (nSPS) is 22.3. The van der Waals surface area contributed by atoms with Gasteiger partial charge in [0.05, 0.1) is 7.11 Å². The molecule has 0 unspecified atom stereocenters. The van der Waals surface area contributed by atoms with E-state index >= 15 is 0 Å². The fraction of sp³-hybridized carbons (Fsp3) is 0.647. The van der Waals surface area contributed by atoms with Crippen LogP contribution in [0.3, 0.4) is 0 Å². The summed E-state index contributed by atoms with van der Waals surface area (Å²) in [4.78, 5) is 2.52. The second kappa shape index (κ2) is 8.25. The lowest BCUT2D eigenvalue weighted by Crippen LogP contribution is -2.42. The predicted octanol–water partition coefficient (Wildman–Crippen LogP) is 2.67. The number of benzene rings is 1. The molecule has 1 fully saturated rings. The lowest BCUT2D eigenvalue weighted by Gasteiger charge is -2.35. The van der Waals surface area contributed by atoms with Crippen molar-refractivity contribution in [2.24, 2.45) is 5.73 Å². The molecule has 0 aliphatic heterocycles. The first kappa shape index (κ1) is 16.1. The number of ether oxygens (including phenoxy) is 2. The lowest BCUT2D eigenvalue weighted by atomic mass is 9.91. The molecule has 21 heavy (non-hydrogen) atoms. The monoisotopic (exact) mass is 292 g/mol. The third-order valence-corrected chi connectivity index (χ3v) is 4.37. The van der Waals surface area contributed by atoms with Gasteiger partial charge in [-0.15, -0.1) is 0 Å². The number of methoxy groups -OCH3 is 1. The van der Waals surface area contributed by atoms with Crippen LogP contribution in [0.2, 0.25) is 0 Å². The van der Waals surface area contributed by atoms with Gasteiger partial charge in [0.25, 0.3) is 0 Å². The quantitative estimate of drug-likeness (QED) is 0.839. The van der Waals surface area contributed by atoms with Crippen molar-refractivity contribution in [1.29, 1.82) is 0 Å². The molecule has 4 heteroatoms. The molecular weight excluding hydrogens is 264 g/mol. The minimum absolute atomic E-state index is 0.413. The molecule has 2 rings (SSSR count). The van der Waals surface area contributed by atoms with Crippen molar-refractivity contribution in [2.45, 2.75) is 44.7 Å². The van der Waals surface area contributed by atoms with E-state index in [9.17, 15) is 0 Å². The molecule has 0 atom stereocenters. The third kappa shape index (κ3) is 4.90. The second-order valence-electron chi connectivity index (χ2n) is 5.72. The largest absolute Gasteiger partial charge is 0.497 e. The molecule has 0 aromatic heterocycles. The van der Waals surface area contributed by atoms with Crippen LogP contribution < -0.4 is 15.2 Å². The Morgan fingerprint density at radius 1 is 1.10 bits per heavy atom. The summed E-state index contributed by atoms with van der Waals surface area (Å²) in [5.74, 6) is 1.76. The van der Waals surface area contributed by atoms with E-state index in [2.05, 4.69) is 11.8 Å². The van der Waals surface area contributed by atoms with Gasteiger partial charge in [-0.3, -0.25) is 4.90 Å². The molecule has 0 spiro atoms. The Morgan fingerprint density at radius 2 is 1.71 bits per heavy atom. The predicted molar refractivity (Wildman–Crippen MR) is 86.0 cm³/mol. The lowest BCUT2D eigenvalue weighted by molar-refractivity contribution is 0.132. The van der Waals surface area contributed by atoms with Crippen LogP contribution >= 0.6 is 0 Å². The Balaban J connectivity index is 1.74. The first-order chi connectivity index (χ1) is 10.2. The van der Waals surface area contributed by atoms with Crippen molar-refractivity contribution in [3.05, 3.63) is 24.3 Å². The zero-order valence-corrected chi connectivity index (χ0v) is 13.3. The van der Waals surface area contributed by atoms with Gasteiger partial charge in [0.1, 0.15) is 18.1 Å². The van der Waals surface area contributed by atoms with Crippen LogP contribution in [0.15, 0.2) is 24.3 Å². The summed E-state index contributed by atoms with van der Waals surface area (Å²) in [6.07, 6.45) is 4.75. The van der Waals surface area contributed by atoms with Crippen LogP contribution in [0, 0.1) is 0 Å². The van der Waals surface area contributed by atoms with Crippen molar-refractivity contribution >= 4 is 0 Å². The van der Waals surface area contributed by atoms with Crippen LogP contribution in [0.25, 0.3) is 0 Å². The maximum Gasteiger partial charge on any atom is 0.119 e. The first-order valence-electron chi connectivity index (χ1n) is 7.99. The topological polar surface area (TPSA) is 47.7 Å². The molecule has 2 N–H and O–H groups in total. The minimum atomic E-state index is 0.413. The van der Waals surface area contributed by atoms with Gasteiger partial charge in [0.15, 0.2) is 0 Å². The minimum Gasteiger partial charge on any atom is -0.497 e. The van der Waals surface area contributed by atoms with Crippen LogP contribution in [-0.2, 0) is 0 Å². The molecule has 1 aliphatic carbocycles. The van der Waals surface area contributed by atoms with E-state index in [0.29, 0.717) is 12.1 Å². The Hall–Kier alpha value is -1.26. The first-order valence-corrected chi connectivity index (χ1v) is 7.99. The number of nitrogens with two attached hydrogens (primary N) is 1. The van der Waals surface area contributed by atoms with E-state index in [4.69, 9.17) is 15.2 Å². The Bertz CT molecular complexity index is 400. The molecule has 1 saturated carbocycles. The average Bonchev–Trinajstić information content (AvgIpc) is 2.53. The SMILES string of the molecule is CCN(CCOc1ccc(OC)cc1)C1CCC(N)CC1. The van der Waals surface area contributed by atoms with Gasteiger partial charge in [0, 0.05) is 18.6 Å². The number of hydrogen-bond acceptors (Lipinski definition) is 4. The van der Waals surface area contributed by atoms with Gasteiger partial charge < -0.3 is 15.2 Å². The van der Waals surface area contributed by atoms with E-state index in [-0.39, 0.29) is 0 Å². The third-order valence-electron chi connectivity index (χ3n) is 4.37. The standard InChI is InChI=1S/C17H28N2O2/c1-3-19(15-6-4-14(18)5-7-15)12-13-21-17-10-8-16(20-2)9-11-17/h8-11,14-15H,3-7,12-13,18H2,1-2H3. The van der Waals surface area contributed by atoms with Gasteiger partial charge in [-0.25, -0.2) is 0 Å². The summed E-state index contributed by atoms with van der Waals surface area (Å²) in [7, 11) is 1.67. The molecule has 4 nitrogen and oxygen atoms in total. The highest BCUT2D eigenvalue weighted by Gasteiger charge is 2.23.